The van der Waals surface area contributed by atoms with E-state index in [1.165, 1.54) is 49.3 Å². The molecule has 2 aromatic rings. The number of likely N-dealkylation sites (tertiary alicyclic amines) is 1. The highest BCUT2D eigenvalue weighted by molar-refractivity contribution is 8.00. The van der Waals surface area contributed by atoms with Gasteiger partial charge in [-0.15, -0.1) is 11.8 Å². The number of carbonyl (C=O) groups excluding carboxylic acids is 3. The Morgan fingerprint density at radius 3 is 2.68 bits per heavy atom. The average Bonchev–Trinajstić information content (AvgIpc) is 3.13. The largest absolute Gasteiger partial charge is 0.461 e. The van der Waals surface area contributed by atoms with Crippen LogP contribution in [0.25, 0.3) is 11.0 Å². The smallest absolute Gasteiger partial charge is 0.355 e. The maximum atomic E-state index is 13.3. The second-order valence-corrected chi connectivity index (χ2v) is 12.7. The number of H-pyrrole nitrogens is 1. The van der Waals surface area contributed by atoms with Crippen molar-refractivity contribution in [3.05, 3.63) is 35.0 Å². The highest BCUT2D eigenvalue weighted by Crippen LogP contribution is 2.42. The molecule has 3 aliphatic heterocycles. The second kappa shape index (κ2) is 12.1. The molecule has 3 aliphatic rings. The minimum atomic E-state index is -0.742. The number of nitrogens with one attached hydrogen (secondary N) is 2. The van der Waals surface area contributed by atoms with Crippen molar-refractivity contribution in [2.75, 3.05) is 30.8 Å². The Kier molecular flexibility index (Phi) is 8.58. The Labute approximate surface area is 244 Å². The summed E-state index contributed by atoms with van der Waals surface area (Å²) >= 11 is 1.50. The molecule has 0 saturated carbocycles. The summed E-state index contributed by atoms with van der Waals surface area (Å²) in [6, 6.07) is 5.43. The number of hydrogen-bond acceptors (Lipinski definition) is 9. The van der Waals surface area contributed by atoms with Crippen molar-refractivity contribution < 1.29 is 23.9 Å². The number of imidazole rings is 1. The Hall–Kier alpha value is -3.54. The highest BCUT2D eigenvalue weighted by Gasteiger charge is 2.54. The van der Waals surface area contributed by atoms with Crippen LogP contribution < -0.4 is 5.32 Å². The van der Waals surface area contributed by atoms with Crippen LogP contribution in [0.4, 0.5) is 5.95 Å². The molecule has 0 spiro atoms. The molecule has 0 aliphatic carbocycles. The molecular weight excluding hydrogens is 544 g/mol. The third-order valence-electron chi connectivity index (χ3n) is 7.09. The maximum absolute atomic E-state index is 13.3. The molecule has 2 fully saturated rings. The predicted molar refractivity (Wildman–Crippen MR) is 158 cm³/mol. The van der Waals surface area contributed by atoms with Gasteiger partial charge in [0.05, 0.1) is 23.9 Å². The summed E-state index contributed by atoms with van der Waals surface area (Å²) in [5.74, 6) is -0.424. The maximum Gasteiger partial charge on any atom is 0.355 e. The monoisotopic (exact) mass is 582 g/mol. The van der Waals surface area contributed by atoms with Crippen molar-refractivity contribution in [2.45, 2.75) is 76.9 Å². The number of thioether (sulfide) groups is 1. The zero-order chi connectivity index (χ0) is 29.1. The van der Waals surface area contributed by atoms with Gasteiger partial charge in [-0.3, -0.25) is 19.5 Å². The third-order valence-corrected chi connectivity index (χ3v) is 8.43. The fraction of sp³-hybridized carbons (Fsp3) is 0.552. The first kappa shape index (κ1) is 29.0. The molecule has 0 radical (unpaired) electrons. The van der Waals surface area contributed by atoms with Crippen LogP contribution in [0.3, 0.4) is 0 Å². The minimum absolute atomic E-state index is 0.0700. The van der Waals surface area contributed by atoms with E-state index in [0.717, 1.165) is 29.7 Å². The lowest BCUT2D eigenvalue weighted by Crippen LogP contribution is -2.68. The average molecular weight is 583 g/mol. The first-order chi connectivity index (χ1) is 19.6. The summed E-state index contributed by atoms with van der Waals surface area (Å²) in [6.45, 7) is 9.25. The highest BCUT2D eigenvalue weighted by atomic mass is 32.2. The number of fused-ring (bicyclic) bond motifs is 2. The summed E-state index contributed by atoms with van der Waals surface area (Å²) in [7, 11) is 0. The van der Waals surface area contributed by atoms with E-state index < -0.39 is 23.6 Å². The Morgan fingerprint density at radius 1 is 1.22 bits per heavy atom. The molecule has 1 aromatic heterocycles. The molecule has 2 N–H and O–H groups in total. The molecule has 220 valence electrons. The predicted octanol–water partition coefficient (Wildman–Crippen LogP) is 3.82. The van der Waals surface area contributed by atoms with Gasteiger partial charge in [-0.2, -0.15) is 0 Å². The van der Waals surface area contributed by atoms with Crippen molar-refractivity contribution in [2.24, 2.45) is 4.99 Å². The van der Waals surface area contributed by atoms with E-state index in [1.807, 2.05) is 24.5 Å². The molecule has 5 rings (SSSR count). The number of ether oxygens (including phenoxy) is 2. The molecule has 2 atom stereocenters. The van der Waals surface area contributed by atoms with Crippen LogP contribution in [-0.2, 0) is 30.4 Å². The summed E-state index contributed by atoms with van der Waals surface area (Å²) in [5, 5.41) is 2.90. The molecule has 1 aromatic carbocycles. The van der Waals surface area contributed by atoms with E-state index >= 15 is 0 Å². The summed E-state index contributed by atoms with van der Waals surface area (Å²) in [6.07, 6.45) is 6.99. The first-order valence-corrected chi connectivity index (χ1v) is 15.2. The van der Waals surface area contributed by atoms with E-state index in [2.05, 4.69) is 25.2 Å². The Balaban J connectivity index is 1.26. The zero-order valence-electron chi connectivity index (χ0n) is 24.1. The van der Waals surface area contributed by atoms with Crippen LogP contribution in [0.2, 0.25) is 0 Å². The number of benzene rings is 1. The molecule has 12 heteroatoms. The Bertz CT molecular complexity index is 1370. The van der Waals surface area contributed by atoms with Gasteiger partial charge in [0, 0.05) is 31.3 Å². The van der Waals surface area contributed by atoms with Gasteiger partial charge in [0.25, 0.3) is 5.91 Å². The minimum Gasteiger partial charge on any atom is -0.461 e. The van der Waals surface area contributed by atoms with E-state index in [-0.39, 0.29) is 23.6 Å². The lowest BCUT2D eigenvalue weighted by Gasteiger charge is -2.49. The molecule has 0 bridgehead atoms. The van der Waals surface area contributed by atoms with E-state index in [4.69, 9.17) is 9.47 Å². The SMILES string of the molecule is CC(=O)OCC1=C(C(=O)OC(C)(C)C)N2C(=O)C(Nc3nc4cc(C/N=C/N5CCCCCC5)ccc4[nH]3)[C@H]2SC1. The van der Waals surface area contributed by atoms with Crippen molar-refractivity contribution in [1.29, 1.82) is 0 Å². The summed E-state index contributed by atoms with van der Waals surface area (Å²) in [5.41, 5.74) is 2.66. The summed E-state index contributed by atoms with van der Waals surface area (Å²) in [4.78, 5) is 54.2. The van der Waals surface area contributed by atoms with Crippen molar-refractivity contribution in [1.82, 2.24) is 19.8 Å². The number of hydrogen-bond donors (Lipinski definition) is 2. The van der Waals surface area contributed by atoms with Gasteiger partial charge in [-0.25, -0.2) is 9.78 Å². The number of β-lactam (4-membered cyclic amide) rings is 1. The van der Waals surface area contributed by atoms with Gasteiger partial charge in [-0.1, -0.05) is 18.9 Å². The van der Waals surface area contributed by atoms with Crippen LogP contribution in [-0.4, -0.2) is 86.4 Å². The number of aromatic amines is 1. The Morgan fingerprint density at radius 2 is 1.98 bits per heavy atom. The standard InChI is InChI=1S/C29H38N6O5S/c1-18(36)39-15-20-16-41-26-23(25(37)35(26)24(20)27(38)40-29(2,3)4)33-28-31-21-10-9-19(13-22(21)32-28)14-30-17-34-11-7-5-6-8-12-34/h9-10,13,17,23,26H,5-8,11-12,14-16H2,1-4H3,(H2,31,32,33)/b30-17+/t23?,26-/m1/s1. The van der Waals surface area contributed by atoms with Gasteiger partial charge in [0.2, 0.25) is 5.95 Å². The number of aliphatic imine (C=N–C) groups is 1. The van der Waals surface area contributed by atoms with Crippen LogP contribution in [0.15, 0.2) is 34.5 Å². The number of anilines is 1. The fourth-order valence-corrected chi connectivity index (χ4v) is 6.46. The van der Waals surface area contributed by atoms with Gasteiger partial charge >= 0.3 is 11.9 Å². The van der Waals surface area contributed by atoms with Crippen LogP contribution in [0, 0.1) is 0 Å². The number of esters is 2. The van der Waals surface area contributed by atoms with Gasteiger partial charge in [0.15, 0.2) is 0 Å². The topological polar surface area (TPSA) is 129 Å². The first-order valence-electron chi connectivity index (χ1n) is 14.1. The number of carbonyl (C=O) groups is 3. The molecular formula is C29H38N6O5S. The molecule has 1 amide bonds. The van der Waals surface area contributed by atoms with Crippen LogP contribution >= 0.6 is 11.8 Å². The summed E-state index contributed by atoms with van der Waals surface area (Å²) < 4.78 is 10.8. The van der Waals surface area contributed by atoms with Crippen molar-refractivity contribution in [3.8, 4) is 0 Å². The quantitative estimate of drug-likeness (QED) is 0.207. The van der Waals surface area contributed by atoms with Crippen LogP contribution in [0.1, 0.15) is 58.9 Å². The molecule has 4 heterocycles. The molecule has 2 saturated heterocycles. The number of rotatable bonds is 8. The van der Waals surface area contributed by atoms with E-state index in [0.29, 0.717) is 23.8 Å². The number of aromatic nitrogens is 2. The molecule has 41 heavy (non-hydrogen) atoms. The van der Waals surface area contributed by atoms with Crippen molar-refractivity contribution in [3.63, 3.8) is 0 Å². The number of amides is 1. The van der Waals surface area contributed by atoms with Crippen LogP contribution in [0.5, 0.6) is 0 Å². The van der Waals surface area contributed by atoms with Crippen molar-refractivity contribution >= 4 is 52.9 Å². The zero-order valence-corrected chi connectivity index (χ0v) is 24.9. The normalized spacial score (nSPS) is 21.5. The van der Waals surface area contributed by atoms with Gasteiger partial charge < -0.3 is 24.7 Å². The lowest BCUT2D eigenvalue weighted by molar-refractivity contribution is -0.157. The van der Waals surface area contributed by atoms with Gasteiger partial charge in [-0.05, 0) is 51.3 Å². The lowest BCUT2D eigenvalue weighted by atomic mass is 10.0. The van der Waals surface area contributed by atoms with E-state index in [9.17, 15) is 14.4 Å². The van der Waals surface area contributed by atoms with E-state index in [1.54, 1.807) is 20.8 Å². The second-order valence-electron chi connectivity index (χ2n) is 11.6. The number of nitrogens with zero attached hydrogens (tertiary/aromatic N) is 4. The fourth-order valence-electron chi connectivity index (χ4n) is 5.14. The third kappa shape index (κ3) is 6.86. The molecule has 11 nitrogen and oxygen atoms in total. The van der Waals surface area contributed by atoms with Gasteiger partial charge in [0.1, 0.15) is 29.3 Å². The molecule has 1 unspecified atom stereocenters.